The summed E-state index contributed by atoms with van der Waals surface area (Å²) < 4.78 is 54.4. The lowest BCUT2D eigenvalue weighted by Crippen LogP contribution is -2.70. The van der Waals surface area contributed by atoms with E-state index >= 15 is 0 Å². The number of nitrogens with zero attached hydrogens (tertiary/aromatic N) is 4. The number of sulfonamides is 1. The third-order valence-corrected chi connectivity index (χ3v) is 16.4. The lowest BCUT2D eigenvalue weighted by Gasteiger charge is -2.60. The average molecular weight is 944 g/mol. The standard InChI is InChI=1S/C47H57N7O12S/c1-28-4-8-37-29(2)40(63-45-47(37)36(28)10-14-46(3,64-45)65-66-47)25-42(55)53-18-16-52(17-19-53)32-5-7-35(41(23-32)62-33-22-31-11-15-48-43(31)50-27-33)44(56)51-67(59,60)34-6-9-38(39(24-34)54(57)58)49-26-30-12-20-61-21-13-30/h5-7,9,11,15,22-24,27-30,36-37,40,45,49H,4,8,10,12-14,16-21,25-26H2,1-3H3,(H,48,50)(H,51,56)/t28-,29-,36+,37+,40-,45-,46-,47-/m1/s1. The summed E-state index contributed by atoms with van der Waals surface area (Å²) in [6.45, 7) is 9.83. The Balaban J connectivity index is 0.833. The number of nitro benzene ring substituents is 1. The maximum Gasteiger partial charge on any atom is 0.293 e. The molecule has 6 saturated heterocycles. The van der Waals surface area contributed by atoms with Crippen LogP contribution in [0.2, 0.25) is 0 Å². The van der Waals surface area contributed by atoms with Crippen LogP contribution in [-0.2, 0) is 38.8 Å². The van der Waals surface area contributed by atoms with Gasteiger partial charge >= 0.3 is 0 Å². The molecule has 4 aromatic rings. The fraction of sp³-hybridized carbons (Fsp3) is 0.553. The molecule has 8 heterocycles. The maximum absolute atomic E-state index is 14.0. The molecule has 0 radical (unpaired) electrons. The Labute approximate surface area is 388 Å². The molecule has 6 aliphatic heterocycles. The third-order valence-electron chi connectivity index (χ3n) is 15.1. The van der Waals surface area contributed by atoms with Gasteiger partial charge in [-0.25, -0.2) is 27.9 Å². The van der Waals surface area contributed by atoms with Crippen molar-refractivity contribution in [1.29, 1.82) is 0 Å². The second kappa shape index (κ2) is 17.9. The van der Waals surface area contributed by atoms with Gasteiger partial charge in [-0.15, -0.1) is 0 Å². The van der Waals surface area contributed by atoms with Crippen LogP contribution in [-0.4, -0.2) is 110 Å². The third kappa shape index (κ3) is 8.71. The molecular weight excluding hydrogens is 887 g/mol. The summed E-state index contributed by atoms with van der Waals surface area (Å²) in [7, 11) is -4.60. The van der Waals surface area contributed by atoms with Gasteiger partial charge in [0.2, 0.25) is 11.7 Å². The van der Waals surface area contributed by atoms with E-state index in [0.29, 0.717) is 75.4 Å². The average Bonchev–Trinajstić information content (AvgIpc) is 3.68. The molecule has 67 heavy (non-hydrogen) atoms. The lowest BCUT2D eigenvalue weighted by molar-refractivity contribution is -0.570. The van der Waals surface area contributed by atoms with Crippen molar-refractivity contribution in [2.75, 3.05) is 56.2 Å². The minimum Gasteiger partial charge on any atom is -0.455 e. The minimum atomic E-state index is -4.60. The molecule has 2 amide bonds. The summed E-state index contributed by atoms with van der Waals surface area (Å²) in [4.78, 5) is 62.6. The number of nitrogens with one attached hydrogen (secondary N) is 3. The van der Waals surface area contributed by atoms with E-state index in [2.05, 4.69) is 38.8 Å². The zero-order chi connectivity index (χ0) is 46.7. The highest BCUT2D eigenvalue weighted by atomic mass is 32.2. The monoisotopic (exact) mass is 943 g/mol. The van der Waals surface area contributed by atoms with Gasteiger partial charge in [0.1, 0.15) is 22.8 Å². The summed E-state index contributed by atoms with van der Waals surface area (Å²) >= 11 is 0. The number of piperazine rings is 1. The van der Waals surface area contributed by atoms with Crippen LogP contribution >= 0.6 is 0 Å². The second-order valence-corrected chi connectivity index (χ2v) is 20.9. The van der Waals surface area contributed by atoms with Gasteiger partial charge < -0.3 is 39.0 Å². The van der Waals surface area contributed by atoms with Crippen LogP contribution in [0.5, 0.6) is 11.5 Å². The molecule has 7 aliphatic rings. The molecular formula is C47H57N7O12S. The number of hydrogen-bond donors (Lipinski definition) is 3. The normalized spacial score (nSPS) is 29.8. The predicted octanol–water partition coefficient (Wildman–Crippen LogP) is 6.51. The number of carbonyl (C=O) groups excluding carboxylic acids is 2. The van der Waals surface area contributed by atoms with E-state index < -0.39 is 49.1 Å². The number of pyridine rings is 1. The highest BCUT2D eigenvalue weighted by Crippen LogP contribution is 2.61. The molecule has 11 rings (SSSR count). The van der Waals surface area contributed by atoms with Gasteiger partial charge in [-0.2, -0.15) is 0 Å². The highest BCUT2D eigenvalue weighted by Gasteiger charge is 2.69. The van der Waals surface area contributed by atoms with Crippen molar-refractivity contribution in [3.8, 4) is 11.5 Å². The predicted molar refractivity (Wildman–Crippen MR) is 243 cm³/mol. The molecule has 8 atom stereocenters. The zero-order valence-corrected chi connectivity index (χ0v) is 38.6. The summed E-state index contributed by atoms with van der Waals surface area (Å²) in [6, 6.07) is 11.9. The number of carbonyl (C=O) groups is 2. The molecule has 1 aliphatic carbocycles. The van der Waals surface area contributed by atoms with Gasteiger partial charge in [0.15, 0.2) is 11.9 Å². The fourth-order valence-corrected chi connectivity index (χ4v) is 12.2. The molecule has 1 saturated carbocycles. The molecule has 19 nitrogen and oxygen atoms in total. The van der Waals surface area contributed by atoms with E-state index in [-0.39, 0.29) is 59.1 Å². The summed E-state index contributed by atoms with van der Waals surface area (Å²) in [5.74, 6) is -0.473. The van der Waals surface area contributed by atoms with E-state index in [4.69, 9.17) is 28.7 Å². The van der Waals surface area contributed by atoms with Gasteiger partial charge in [-0.05, 0) is 99.1 Å². The van der Waals surface area contributed by atoms with Crippen LogP contribution in [0, 0.1) is 39.7 Å². The van der Waals surface area contributed by atoms with Crippen LogP contribution in [0.1, 0.15) is 76.1 Å². The number of benzene rings is 2. The van der Waals surface area contributed by atoms with Gasteiger partial charge in [-0.3, -0.25) is 19.7 Å². The van der Waals surface area contributed by atoms with Gasteiger partial charge in [-0.1, -0.05) is 13.8 Å². The number of fused-ring (bicyclic) bond motifs is 3. The Bertz CT molecular complexity index is 2650. The number of rotatable bonds is 12. The lowest BCUT2D eigenvalue weighted by atomic mass is 9.57. The first kappa shape index (κ1) is 45.4. The Hall–Kier alpha value is -5.38. The molecule has 2 aromatic carbocycles. The largest absolute Gasteiger partial charge is 0.455 e. The minimum absolute atomic E-state index is 0.00791. The Morgan fingerprint density at radius 3 is 2.58 bits per heavy atom. The van der Waals surface area contributed by atoms with Crippen LogP contribution in [0.4, 0.5) is 17.1 Å². The number of H-pyrrole nitrogens is 1. The van der Waals surface area contributed by atoms with E-state index in [1.54, 1.807) is 24.4 Å². The van der Waals surface area contributed by atoms with Crippen LogP contribution < -0.4 is 19.7 Å². The van der Waals surface area contributed by atoms with Crippen molar-refractivity contribution in [3.63, 3.8) is 0 Å². The van der Waals surface area contributed by atoms with Crippen molar-refractivity contribution >= 4 is 49.9 Å². The molecule has 358 valence electrons. The SMILES string of the molecule is C[C@H]1[C@@H](CC(=O)N2CCN(c3ccc(C(=O)NS(=O)(=O)c4ccc(NCC5CCOCC5)c([N+](=O)[O-])c4)c(Oc4cnc5[nH]ccc5c4)c3)CC2)O[C@@H]2O[C@@]3(C)CC[C@H]4[C@H](C)CC[C@@H]1[C@@]24OO3. The molecule has 2 bridgehead atoms. The van der Waals surface area contributed by atoms with Crippen LogP contribution in [0.15, 0.2) is 65.8 Å². The van der Waals surface area contributed by atoms with E-state index in [0.717, 1.165) is 43.6 Å². The topological polar surface area (TPSA) is 226 Å². The van der Waals surface area contributed by atoms with E-state index in [1.807, 2.05) is 17.9 Å². The first-order chi connectivity index (χ1) is 32.2. The van der Waals surface area contributed by atoms with Crippen molar-refractivity contribution in [1.82, 2.24) is 19.6 Å². The van der Waals surface area contributed by atoms with Crippen molar-refractivity contribution in [3.05, 3.63) is 76.6 Å². The van der Waals surface area contributed by atoms with Gasteiger partial charge in [0, 0.05) is 87.7 Å². The Morgan fingerprint density at radius 1 is 0.985 bits per heavy atom. The maximum atomic E-state index is 14.0. The highest BCUT2D eigenvalue weighted by molar-refractivity contribution is 7.90. The number of amides is 2. The molecule has 0 unspecified atom stereocenters. The molecule has 7 fully saturated rings. The molecule has 3 N–H and O–H groups in total. The summed E-state index contributed by atoms with van der Waals surface area (Å²) in [6.07, 6.45) is 7.73. The van der Waals surface area contributed by atoms with E-state index in [1.165, 1.54) is 24.4 Å². The van der Waals surface area contributed by atoms with Gasteiger partial charge in [0.25, 0.3) is 21.6 Å². The quantitative estimate of drug-likeness (QED) is 0.0782. The fourth-order valence-electron chi connectivity index (χ4n) is 11.2. The second-order valence-electron chi connectivity index (χ2n) is 19.2. The summed E-state index contributed by atoms with van der Waals surface area (Å²) in [5, 5.41) is 15.9. The smallest absolute Gasteiger partial charge is 0.293 e. The number of nitro groups is 1. The number of hydrogen-bond acceptors (Lipinski definition) is 15. The molecule has 2 aromatic heterocycles. The summed E-state index contributed by atoms with van der Waals surface area (Å²) in [5.41, 5.74) is 0.250. The number of aromatic nitrogens is 2. The van der Waals surface area contributed by atoms with Gasteiger partial charge in [0.05, 0.1) is 34.1 Å². The van der Waals surface area contributed by atoms with Crippen molar-refractivity contribution in [2.45, 2.75) is 94.4 Å². The Morgan fingerprint density at radius 2 is 1.79 bits per heavy atom. The first-order valence-corrected chi connectivity index (χ1v) is 24.8. The zero-order valence-electron chi connectivity index (χ0n) is 37.8. The van der Waals surface area contributed by atoms with Crippen molar-refractivity contribution in [2.24, 2.45) is 29.6 Å². The van der Waals surface area contributed by atoms with Crippen LogP contribution in [0.3, 0.4) is 0 Å². The van der Waals surface area contributed by atoms with Crippen molar-refractivity contribution < 1.29 is 51.7 Å². The molecule has 1 spiro atoms. The Kier molecular flexibility index (Phi) is 12.2. The number of anilines is 2. The molecule has 20 heteroatoms. The van der Waals surface area contributed by atoms with E-state index in [9.17, 15) is 28.1 Å². The number of ether oxygens (including phenoxy) is 4. The number of aromatic amines is 1. The first-order valence-electron chi connectivity index (χ1n) is 23.3. The van der Waals surface area contributed by atoms with Crippen LogP contribution in [0.25, 0.3) is 11.0 Å².